The summed E-state index contributed by atoms with van der Waals surface area (Å²) in [5, 5.41) is 13.6. The highest BCUT2D eigenvalue weighted by atomic mass is 35.5. The lowest BCUT2D eigenvalue weighted by Gasteiger charge is -2.20. The van der Waals surface area contributed by atoms with Crippen LogP contribution in [0.3, 0.4) is 0 Å². The second kappa shape index (κ2) is 4.43. The van der Waals surface area contributed by atoms with E-state index in [0.717, 1.165) is 12.8 Å². The Hall–Kier alpha value is -1.63. The first-order valence-corrected chi connectivity index (χ1v) is 7.43. The molecule has 3 atom stereocenters. The number of ketones is 1. The summed E-state index contributed by atoms with van der Waals surface area (Å²) in [5.41, 5.74) is 0.606. The van der Waals surface area contributed by atoms with Crippen molar-refractivity contribution in [3.8, 4) is 0 Å². The van der Waals surface area contributed by atoms with Gasteiger partial charge in [0, 0.05) is 25.6 Å². The monoisotopic (exact) mass is 311 g/mol. The maximum atomic E-state index is 14.2. The van der Waals surface area contributed by atoms with Crippen molar-refractivity contribution in [2.24, 2.45) is 18.1 Å². The number of nitrogens with one attached hydrogen (secondary N) is 1. The molecule has 8 heteroatoms. The summed E-state index contributed by atoms with van der Waals surface area (Å²) in [6.07, 6.45) is 2.05. The van der Waals surface area contributed by atoms with Gasteiger partial charge in [-0.05, 0) is 12.8 Å². The summed E-state index contributed by atoms with van der Waals surface area (Å²) in [6, 6.07) is -0.337. The summed E-state index contributed by atoms with van der Waals surface area (Å²) >= 11 is 6.15. The van der Waals surface area contributed by atoms with Crippen LogP contribution < -0.4 is 5.32 Å². The van der Waals surface area contributed by atoms with Gasteiger partial charge in [-0.2, -0.15) is 10.2 Å². The van der Waals surface area contributed by atoms with Crippen molar-refractivity contribution in [1.29, 1.82) is 0 Å². The molecule has 112 valence electrons. The number of hydrogen-bond donors (Lipinski definition) is 1. The molecule has 1 aliphatic carbocycles. The molecule has 1 saturated carbocycles. The smallest absolute Gasteiger partial charge is 0.202 e. The maximum absolute atomic E-state index is 14.2. The predicted octanol–water partition coefficient (Wildman–Crippen LogP) is 1.38. The number of hydrogen-bond acceptors (Lipinski definition) is 5. The second-order valence-corrected chi connectivity index (χ2v) is 6.27. The normalized spacial score (nSPS) is 31.1. The van der Waals surface area contributed by atoms with Crippen LogP contribution >= 0.6 is 11.6 Å². The number of aryl methyl sites for hydroxylation is 1. The number of rotatable bonds is 3. The average Bonchev–Trinajstić information content (AvgIpc) is 3.00. The van der Waals surface area contributed by atoms with Gasteiger partial charge in [-0.25, -0.2) is 4.39 Å². The Morgan fingerprint density at radius 2 is 2.29 bits per heavy atom. The molecule has 0 bridgehead atoms. The third-order valence-electron chi connectivity index (χ3n) is 4.20. The third kappa shape index (κ3) is 2.02. The van der Waals surface area contributed by atoms with E-state index >= 15 is 0 Å². The SMILES string of the molecule is Cn1cc(Cl)c([C@@H]2C[C@@H](F)C3NC(C(=O)C4CC4)=NN32)n1. The molecule has 2 fully saturated rings. The maximum Gasteiger partial charge on any atom is 0.202 e. The van der Waals surface area contributed by atoms with Crippen molar-refractivity contribution < 1.29 is 9.18 Å². The first-order chi connectivity index (χ1) is 10.0. The molecule has 6 nitrogen and oxygen atoms in total. The number of aromatic nitrogens is 2. The lowest BCUT2D eigenvalue weighted by atomic mass is 10.1. The van der Waals surface area contributed by atoms with Crippen molar-refractivity contribution in [3.63, 3.8) is 0 Å². The molecule has 0 aromatic carbocycles. The predicted molar refractivity (Wildman–Crippen MR) is 74.4 cm³/mol. The van der Waals surface area contributed by atoms with E-state index in [1.807, 2.05) is 0 Å². The summed E-state index contributed by atoms with van der Waals surface area (Å²) < 4.78 is 15.8. The van der Waals surface area contributed by atoms with Crippen LogP contribution in [-0.2, 0) is 11.8 Å². The van der Waals surface area contributed by atoms with Crippen molar-refractivity contribution in [2.45, 2.75) is 37.6 Å². The molecule has 3 aliphatic rings. The van der Waals surface area contributed by atoms with Gasteiger partial charge >= 0.3 is 0 Å². The number of halogens is 2. The van der Waals surface area contributed by atoms with Gasteiger partial charge in [0.05, 0.1) is 11.1 Å². The van der Waals surface area contributed by atoms with Crippen LogP contribution in [0.25, 0.3) is 0 Å². The molecule has 1 unspecified atom stereocenters. The largest absolute Gasteiger partial charge is 0.342 e. The van der Waals surface area contributed by atoms with Gasteiger partial charge in [0.1, 0.15) is 18.0 Å². The highest BCUT2D eigenvalue weighted by molar-refractivity contribution is 6.40. The molecule has 1 N–H and O–H groups in total. The molecular formula is C13H15ClFN5O. The highest BCUT2D eigenvalue weighted by Crippen LogP contribution is 2.41. The fourth-order valence-corrected chi connectivity index (χ4v) is 3.29. The van der Waals surface area contributed by atoms with Gasteiger partial charge < -0.3 is 5.32 Å². The first kappa shape index (κ1) is 13.1. The minimum Gasteiger partial charge on any atom is -0.342 e. The number of carbonyl (C=O) groups excluding carboxylic acids is 1. The van der Waals surface area contributed by atoms with E-state index in [1.54, 1.807) is 22.9 Å². The summed E-state index contributed by atoms with van der Waals surface area (Å²) in [5.74, 6) is 0.329. The quantitative estimate of drug-likeness (QED) is 0.916. The van der Waals surface area contributed by atoms with E-state index in [2.05, 4.69) is 15.5 Å². The Morgan fingerprint density at radius 1 is 1.52 bits per heavy atom. The fourth-order valence-electron chi connectivity index (χ4n) is 2.98. The van der Waals surface area contributed by atoms with Crippen LogP contribution in [0, 0.1) is 5.92 Å². The Morgan fingerprint density at radius 3 is 2.90 bits per heavy atom. The number of amidine groups is 1. The highest BCUT2D eigenvalue weighted by Gasteiger charge is 2.49. The van der Waals surface area contributed by atoms with Crippen molar-refractivity contribution in [3.05, 3.63) is 16.9 Å². The summed E-state index contributed by atoms with van der Waals surface area (Å²) in [4.78, 5) is 12.1. The van der Waals surface area contributed by atoms with Crippen LogP contribution in [-0.4, -0.2) is 38.7 Å². The molecule has 2 aliphatic heterocycles. The molecule has 3 heterocycles. The third-order valence-corrected chi connectivity index (χ3v) is 4.49. The number of fused-ring (bicyclic) bond motifs is 1. The van der Waals surface area contributed by atoms with Gasteiger partial charge in [-0.1, -0.05) is 11.6 Å². The van der Waals surface area contributed by atoms with Crippen molar-refractivity contribution in [2.75, 3.05) is 0 Å². The van der Waals surface area contributed by atoms with Gasteiger partial charge in [0.2, 0.25) is 5.78 Å². The van der Waals surface area contributed by atoms with Crippen molar-refractivity contribution in [1.82, 2.24) is 20.1 Å². The molecule has 1 saturated heterocycles. The lowest BCUT2D eigenvalue weighted by molar-refractivity contribution is -0.114. The van der Waals surface area contributed by atoms with Gasteiger partial charge in [-0.3, -0.25) is 14.5 Å². The molecule has 0 radical (unpaired) electrons. The van der Waals surface area contributed by atoms with Crippen LogP contribution in [0.5, 0.6) is 0 Å². The summed E-state index contributed by atoms with van der Waals surface area (Å²) in [6.45, 7) is 0. The van der Waals surface area contributed by atoms with Crippen LogP contribution in [0.1, 0.15) is 31.0 Å². The molecule has 0 spiro atoms. The number of hydrazone groups is 1. The van der Waals surface area contributed by atoms with E-state index in [4.69, 9.17) is 11.6 Å². The van der Waals surface area contributed by atoms with Crippen LogP contribution in [0.15, 0.2) is 11.3 Å². The van der Waals surface area contributed by atoms with E-state index in [1.165, 1.54) is 0 Å². The van der Waals surface area contributed by atoms with E-state index in [9.17, 15) is 9.18 Å². The minimum absolute atomic E-state index is 0.0116. The van der Waals surface area contributed by atoms with E-state index < -0.39 is 12.3 Å². The zero-order valence-corrected chi connectivity index (χ0v) is 12.2. The number of nitrogens with zero attached hydrogens (tertiary/aromatic N) is 4. The number of Topliss-reactive ketones (excluding diaryl/α,β-unsaturated/α-hetero) is 1. The average molecular weight is 312 g/mol. The fraction of sp³-hybridized carbons (Fsp3) is 0.615. The minimum atomic E-state index is -1.11. The van der Waals surface area contributed by atoms with Gasteiger partial charge in [-0.15, -0.1) is 0 Å². The van der Waals surface area contributed by atoms with Crippen molar-refractivity contribution >= 4 is 23.2 Å². The topological polar surface area (TPSA) is 62.5 Å². The first-order valence-electron chi connectivity index (χ1n) is 7.05. The lowest BCUT2D eigenvalue weighted by Crippen LogP contribution is -2.41. The van der Waals surface area contributed by atoms with Crippen LogP contribution in [0.2, 0.25) is 5.02 Å². The summed E-state index contributed by atoms with van der Waals surface area (Å²) in [7, 11) is 1.77. The Kier molecular flexibility index (Phi) is 2.76. The Balaban J connectivity index is 1.64. The van der Waals surface area contributed by atoms with Crippen LogP contribution in [0.4, 0.5) is 4.39 Å². The Labute approximate surface area is 125 Å². The zero-order chi connectivity index (χ0) is 14.7. The van der Waals surface area contributed by atoms with E-state index in [0.29, 0.717) is 10.7 Å². The molecule has 1 aromatic heterocycles. The Bertz CT molecular complexity index is 641. The van der Waals surface area contributed by atoms with E-state index in [-0.39, 0.29) is 30.0 Å². The second-order valence-electron chi connectivity index (χ2n) is 5.86. The number of alkyl halides is 1. The molecule has 0 amide bonds. The standard InChI is InChI=1S/C13H15ClFN5O/c1-19-5-7(14)10(17-19)9-4-8(15)13-16-12(18-20(9)13)11(21)6-2-3-6/h5-6,8-9,13H,2-4H2,1H3,(H,16,18)/t8-,9+,13?/m1/s1. The number of carbonyl (C=O) groups is 1. The molecule has 21 heavy (non-hydrogen) atoms. The molecular weight excluding hydrogens is 297 g/mol. The van der Waals surface area contributed by atoms with Gasteiger partial charge in [0.25, 0.3) is 0 Å². The molecule has 4 rings (SSSR count). The molecule has 1 aromatic rings. The van der Waals surface area contributed by atoms with Gasteiger partial charge in [0.15, 0.2) is 5.84 Å². The zero-order valence-electron chi connectivity index (χ0n) is 11.5.